The van der Waals surface area contributed by atoms with Crippen molar-refractivity contribution in [1.82, 2.24) is 4.98 Å². The highest BCUT2D eigenvalue weighted by molar-refractivity contribution is 5.98. The number of hydrogen-bond acceptors (Lipinski definition) is 4. The minimum absolute atomic E-state index is 0.123. The molecule has 4 N–H and O–H groups in total. The quantitative estimate of drug-likeness (QED) is 0.857. The fourth-order valence-corrected chi connectivity index (χ4v) is 3.34. The van der Waals surface area contributed by atoms with Crippen molar-refractivity contribution < 1.29 is 4.79 Å². The van der Waals surface area contributed by atoms with Crippen LogP contribution >= 0.6 is 0 Å². The minimum atomic E-state index is -0.391. The van der Waals surface area contributed by atoms with Crippen molar-refractivity contribution >= 4 is 11.7 Å². The molecule has 1 saturated heterocycles. The van der Waals surface area contributed by atoms with Gasteiger partial charge in [-0.3, -0.25) is 4.79 Å². The van der Waals surface area contributed by atoms with E-state index in [4.69, 9.17) is 16.5 Å². The molecule has 1 aliphatic heterocycles. The Bertz CT molecular complexity index is 557. The largest absolute Gasteiger partial charge is 0.365 e. The van der Waals surface area contributed by atoms with Crippen LogP contribution < -0.4 is 16.4 Å². The molecule has 5 heteroatoms. The summed E-state index contributed by atoms with van der Waals surface area (Å²) in [6.45, 7) is 3.81. The number of anilines is 1. The molecule has 3 rings (SSSR count). The van der Waals surface area contributed by atoms with E-state index in [0.717, 1.165) is 43.9 Å². The Hall–Kier alpha value is -1.62. The Balaban J connectivity index is 1.98. The summed E-state index contributed by atoms with van der Waals surface area (Å²) in [7, 11) is 0. The van der Waals surface area contributed by atoms with Gasteiger partial charge in [-0.1, -0.05) is 6.92 Å². The van der Waals surface area contributed by atoms with E-state index in [1.54, 1.807) is 0 Å². The van der Waals surface area contributed by atoms with Gasteiger partial charge in [0.1, 0.15) is 5.82 Å². The fourth-order valence-electron chi connectivity index (χ4n) is 3.34. The molecule has 1 aromatic heterocycles. The average Bonchev–Trinajstić information content (AvgIpc) is 2.48. The number of amides is 1. The fraction of sp³-hybridized carbons (Fsp3) is 0.625. The number of carbonyl (C=O) groups is 1. The lowest BCUT2D eigenvalue weighted by molar-refractivity contribution is 0.1000. The zero-order chi connectivity index (χ0) is 15.0. The van der Waals surface area contributed by atoms with Gasteiger partial charge in [-0.15, -0.1) is 0 Å². The second-order valence-corrected chi connectivity index (χ2v) is 6.41. The third-order valence-electron chi connectivity index (χ3n) is 4.86. The number of piperidine rings is 1. The van der Waals surface area contributed by atoms with Crippen LogP contribution in [0.5, 0.6) is 0 Å². The smallest absolute Gasteiger partial charge is 0.252 e. The van der Waals surface area contributed by atoms with Crippen LogP contribution in [-0.2, 0) is 12.8 Å². The van der Waals surface area contributed by atoms with Crippen molar-refractivity contribution in [3.63, 3.8) is 0 Å². The van der Waals surface area contributed by atoms with Gasteiger partial charge < -0.3 is 16.4 Å². The molecular weight excluding hydrogens is 264 g/mol. The molecule has 2 atom stereocenters. The highest BCUT2D eigenvalue weighted by atomic mass is 16.1. The Morgan fingerprint density at radius 1 is 1.38 bits per heavy atom. The Kier molecular flexibility index (Phi) is 3.85. The maximum absolute atomic E-state index is 11.8. The average molecular weight is 288 g/mol. The number of carbonyl (C=O) groups excluding carboxylic acids is 1. The third kappa shape index (κ3) is 2.75. The summed E-state index contributed by atoms with van der Waals surface area (Å²) in [5, 5.41) is 0. The van der Waals surface area contributed by atoms with Gasteiger partial charge in [-0.05, 0) is 49.7 Å². The Morgan fingerprint density at radius 2 is 2.14 bits per heavy atom. The Morgan fingerprint density at radius 3 is 2.86 bits per heavy atom. The topological polar surface area (TPSA) is 85.2 Å². The van der Waals surface area contributed by atoms with Gasteiger partial charge in [0.15, 0.2) is 0 Å². The van der Waals surface area contributed by atoms with E-state index in [9.17, 15) is 4.79 Å². The maximum atomic E-state index is 11.8. The standard InChI is InChI=1S/C16H24N4O/c1-10-6-7-20(9-13(10)17)16-12(15(18)21)8-11-4-2-3-5-14(11)19-16/h8,10,13H,2-7,9,17H2,1H3,(H2,18,21). The first kappa shape index (κ1) is 14.3. The van der Waals surface area contributed by atoms with E-state index in [1.165, 1.54) is 18.4 Å². The molecule has 2 unspecified atom stereocenters. The van der Waals surface area contributed by atoms with Crippen LogP contribution in [0.3, 0.4) is 0 Å². The van der Waals surface area contributed by atoms with Crippen molar-refractivity contribution in [1.29, 1.82) is 0 Å². The van der Waals surface area contributed by atoms with Crippen molar-refractivity contribution in [2.75, 3.05) is 18.0 Å². The van der Waals surface area contributed by atoms with Gasteiger partial charge in [0, 0.05) is 24.8 Å². The first-order valence-electron chi connectivity index (χ1n) is 7.89. The second kappa shape index (κ2) is 5.64. The van der Waals surface area contributed by atoms with E-state index < -0.39 is 5.91 Å². The van der Waals surface area contributed by atoms with Crippen LogP contribution in [-0.4, -0.2) is 30.0 Å². The van der Waals surface area contributed by atoms with E-state index in [0.29, 0.717) is 11.5 Å². The van der Waals surface area contributed by atoms with Crippen LogP contribution in [0, 0.1) is 5.92 Å². The number of nitrogens with two attached hydrogens (primary N) is 2. The number of hydrogen-bond donors (Lipinski definition) is 2. The molecule has 1 amide bonds. The molecule has 5 nitrogen and oxygen atoms in total. The first-order valence-corrected chi connectivity index (χ1v) is 7.89. The second-order valence-electron chi connectivity index (χ2n) is 6.41. The first-order chi connectivity index (χ1) is 10.1. The van der Waals surface area contributed by atoms with Crippen LogP contribution in [0.4, 0.5) is 5.82 Å². The minimum Gasteiger partial charge on any atom is -0.365 e. The van der Waals surface area contributed by atoms with Crippen molar-refractivity contribution in [3.8, 4) is 0 Å². The van der Waals surface area contributed by atoms with Crippen LogP contribution in [0.25, 0.3) is 0 Å². The van der Waals surface area contributed by atoms with E-state index in [-0.39, 0.29) is 6.04 Å². The molecular formula is C16H24N4O. The molecule has 0 bridgehead atoms. The van der Waals surface area contributed by atoms with Gasteiger partial charge in [0.25, 0.3) is 5.91 Å². The van der Waals surface area contributed by atoms with Crippen molar-refractivity contribution in [2.24, 2.45) is 17.4 Å². The summed E-state index contributed by atoms with van der Waals surface area (Å²) in [6.07, 6.45) is 5.36. The van der Waals surface area contributed by atoms with E-state index in [1.807, 2.05) is 6.07 Å². The van der Waals surface area contributed by atoms with E-state index in [2.05, 4.69) is 11.8 Å². The summed E-state index contributed by atoms with van der Waals surface area (Å²) in [5.74, 6) is 0.861. The zero-order valence-corrected chi connectivity index (χ0v) is 12.6. The SMILES string of the molecule is CC1CCN(c2nc3c(cc2C(N)=O)CCCC3)CC1N. The lowest BCUT2D eigenvalue weighted by Gasteiger charge is -2.37. The van der Waals surface area contributed by atoms with Crippen molar-refractivity contribution in [3.05, 3.63) is 22.9 Å². The number of rotatable bonds is 2. The molecule has 0 spiro atoms. The lowest BCUT2D eigenvalue weighted by Crippen LogP contribution is -2.48. The summed E-state index contributed by atoms with van der Waals surface area (Å²) in [6, 6.07) is 2.08. The molecule has 0 saturated carbocycles. The van der Waals surface area contributed by atoms with Gasteiger partial charge in [-0.25, -0.2) is 4.98 Å². The maximum Gasteiger partial charge on any atom is 0.252 e. The van der Waals surface area contributed by atoms with Crippen LogP contribution in [0.15, 0.2) is 6.07 Å². The molecule has 0 aromatic carbocycles. The molecule has 1 aromatic rings. The number of aromatic nitrogens is 1. The molecule has 0 radical (unpaired) electrons. The summed E-state index contributed by atoms with van der Waals surface area (Å²) in [4.78, 5) is 18.7. The molecule has 2 heterocycles. The highest BCUT2D eigenvalue weighted by Crippen LogP contribution is 2.29. The molecule has 114 valence electrons. The third-order valence-corrected chi connectivity index (χ3v) is 4.86. The molecule has 2 aliphatic rings. The predicted octanol–water partition coefficient (Wildman–Crippen LogP) is 1.23. The van der Waals surface area contributed by atoms with Gasteiger partial charge in [-0.2, -0.15) is 0 Å². The Labute approximate surface area is 125 Å². The number of primary amides is 1. The highest BCUT2D eigenvalue weighted by Gasteiger charge is 2.28. The number of aryl methyl sites for hydroxylation is 2. The monoisotopic (exact) mass is 288 g/mol. The number of pyridine rings is 1. The van der Waals surface area contributed by atoms with E-state index >= 15 is 0 Å². The van der Waals surface area contributed by atoms with Gasteiger partial charge >= 0.3 is 0 Å². The number of nitrogens with zero attached hydrogens (tertiary/aromatic N) is 2. The molecule has 21 heavy (non-hydrogen) atoms. The van der Waals surface area contributed by atoms with Crippen molar-refractivity contribution in [2.45, 2.75) is 45.1 Å². The van der Waals surface area contributed by atoms with Gasteiger partial charge in [0.2, 0.25) is 0 Å². The van der Waals surface area contributed by atoms with Gasteiger partial charge in [0.05, 0.1) is 5.56 Å². The summed E-state index contributed by atoms with van der Waals surface area (Å²) in [5.41, 5.74) is 14.6. The molecule has 1 fully saturated rings. The lowest BCUT2D eigenvalue weighted by atomic mass is 9.92. The predicted molar refractivity (Wildman–Crippen MR) is 83.4 cm³/mol. The summed E-state index contributed by atoms with van der Waals surface area (Å²) >= 11 is 0. The zero-order valence-electron chi connectivity index (χ0n) is 12.6. The van der Waals surface area contributed by atoms with Crippen LogP contribution in [0.2, 0.25) is 0 Å². The molecule has 1 aliphatic carbocycles. The number of fused-ring (bicyclic) bond motifs is 1. The normalized spacial score (nSPS) is 25.5. The van der Waals surface area contributed by atoms with Crippen LogP contribution in [0.1, 0.15) is 47.8 Å². The summed E-state index contributed by atoms with van der Waals surface area (Å²) < 4.78 is 0.